The van der Waals surface area contributed by atoms with E-state index in [0.29, 0.717) is 18.9 Å². The van der Waals surface area contributed by atoms with Crippen molar-refractivity contribution in [2.75, 3.05) is 26.3 Å². The Kier molecular flexibility index (Phi) is 5.05. The number of carbonyl (C=O) groups is 1. The number of rotatable bonds is 5. The fourth-order valence-electron chi connectivity index (χ4n) is 1.95. The lowest BCUT2D eigenvalue weighted by atomic mass is 10.1. The largest absolute Gasteiger partial charge is 0.481 e. The molecule has 0 bridgehead atoms. The number of carboxylic acid groups (broad SMARTS) is 1. The number of hydrogen-bond donors (Lipinski definition) is 1. The minimum absolute atomic E-state index is 0.239. The molecule has 0 spiro atoms. The van der Waals surface area contributed by atoms with E-state index in [-0.39, 0.29) is 12.5 Å². The van der Waals surface area contributed by atoms with Crippen LogP contribution in [0.2, 0.25) is 0 Å². The molecule has 0 aromatic carbocycles. The molecule has 1 aliphatic rings. The lowest BCUT2D eigenvalue weighted by Crippen LogP contribution is -2.47. The molecule has 1 saturated heterocycles. The summed E-state index contributed by atoms with van der Waals surface area (Å²) in [4.78, 5) is 12.9. The van der Waals surface area contributed by atoms with Crippen LogP contribution in [-0.2, 0) is 9.53 Å². The molecule has 15 heavy (non-hydrogen) atoms. The summed E-state index contributed by atoms with van der Waals surface area (Å²) in [6.07, 6.45) is 0.935. The van der Waals surface area contributed by atoms with Crippen molar-refractivity contribution in [3.8, 4) is 0 Å². The summed E-state index contributed by atoms with van der Waals surface area (Å²) in [6.45, 7) is 7.79. The molecule has 1 rings (SSSR count). The molecule has 1 unspecified atom stereocenters. The van der Waals surface area contributed by atoms with Gasteiger partial charge in [0.05, 0.1) is 13.2 Å². The highest BCUT2D eigenvalue weighted by Gasteiger charge is 2.23. The molecule has 0 aromatic rings. The second-order valence-corrected chi connectivity index (χ2v) is 4.55. The third-order valence-corrected chi connectivity index (χ3v) is 2.64. The van der Waals surface area contributed by atoms with Gasteiger partial charge in [0.25, 0.3) is 0 Å². The first kappa shape index (κ1) is 12.5. The van der Waals surface area contributed by atoms with Crippen molar-refractivity contribution < 1.29 is 14.6 Å². The maximum Gasteiger partial charge on any atom is 0.303 e. The Morgan fingerprint density at radius 2 is 2.33 bits per heavy atom. The van der Waals surface area contributed by atoms with Crippen LogP contribution < -0.4 is 0 Å². The Balaban J connectivity index is 2.38. The number of hydrogen-bond acceptors (Lipinski definition) is 3. The van der Waals surface area contributed by atoms with Crippen molar-refractivity contribution in [3.05, 3.63) is 0 Å². The number of aliphatic carboxylic acids is 1. The summed E-state index contributed by atoms with van der Waals surface area (Å²) < 4.78 is 5.39. The highest BCUT2D eigenvalue weighted by atomic mass is 16.5. The highest BCUT2D eigenvalue weighted by Crippen LogP contribution is 2.14. The minimum Gasteiger partial charge on any atom is -0.481 e. The summed E-state index contributed by atoms with van der Waals surface area (Å²) in [5, 5.41) is 8.65. The van der Waals surface area contributed by atoms with Gasteiger partial charge in [0.2, 0.25) is 0 Å². The van der Waals surface area contributed by atoms with Crippen LogP contribution in [0.1, 0.15) is 26.7 Å². The zero-order valence-electron chi connectivity index (χ0n) is 9.61. The van der Waals surface area contributed by atoms with Gasteiger partial charge in [-0.3, -0.25) is 9.69 Å². The van der Waals surface area contributed by atoms with Crippen molar-refractivity contribution in [2.24, 2.45) is 5.92 Å². The summed E-state index contributed by atoms with van der Waals surface area (Å²) in [6, 6.07) is 0.289. The zero-order valence-corrected chi connectivity index (χ0v) is 9.61. The first-order chi connectivity index (χ1) is 7.09. The molecular weight excluding hydrogens is 194 g/mol. The Hall–Kier alpha value is -0.610. The zero-order chi connectivity index (χ0) is 11.3. The van der Waals surface area contributed by atoms with E-state index in [9.17, 15) is 4.79 Å². The fraction of sp³-hybridized carbons (Fsp3) is 0.909. The third kappa shape index (κ3) is 4.62. The quantitative estimate of drug-likeness (QED) is 0.749. The van der Waals surface area contributed by atoms with Crippen LogP contribution >= 0.6 is 0 Å². The molecule has 1 atom stereocenters. The van der Waals surface area contributed by atoms with E-state index >= 15 is 0 Å². The Morgan fingerprint density at radius 3 is 2.93 bits per heavy atom. The van der Waals surface area contributed by atoms with Crippen molar-refractivity contribution in [1.29, 1.82) is 0 Å². The van der Waals surface area contributed by atoms with Gasteiger partial charge in [0, 0.05) is 25.6 Å². The van der Waals surface area contributed by atoms with Gasteiger partial charge in [0.15, 0.2) is 0 Å². The van der Waals surface area contributed by atoms with E-state index in [1.807, 2.05) is 0 Å². The molecule has 1 heterocycles. The van der Waals surface area contributed by atoms with Crippen LogP contribution in [0.3, 0.4) is 0 Å². The third-order valence-electron chi connectivity index (χ3n) is 2.64. The topological polar surface area (TPSA) is 49.8 Å². The second kappa shape index (κ2) is 6.08. The molecule has 4 nitrogen and oxygen atoms in total. The SMILES string of the molecule is CC(C)CN1CCOCC1CCC(=O)O. The summed E-state index contributed by atoms with van der Waals surface area (Å²) in [5.41, 5.74) is 0. The number of carboxylic acids is 1. The van der Waals surface area contributed by atoms with Crippen LogP contribution in [0.4, 0.5) is 0 Å². The molecule has 0 aromatic heterocycles. The number of ether oxygens (including phenoxy) is 1. The van der Waals surface area contributed by atoms with Crippen LogP contribution in [0.25, 0.3) is 0 Å². The minimum atomic E-state index is -0.718. The van der Waals surface area contributed by atoms with E-state index in [1.165, 1.54) is 0 Å². The first-order valence-electron chi connectivity index (χ1n) is 5.63. The van der Waals surface area contributed by atoms with Gasteiger partial charge in [-0.2, -0.15) is 0 Å². The lowest BCUT2D eigenvalue weighted by molar-refractivity contribution is -0.137. The van der Waals surface area contributed by atoms with E-state index < -0.39 is 5.97 Å². The van der Waals surface area contributed by atoms with Gasteiger partial charge in [-0.25, -0.2) is 0 Å². The van der Waals surface area contributed by atoms with Crippen LogP contribution in [0, 0.1) is 5.92 Å². The van der Waals surface area contributed by atoms with E-state index in [0.717, 1.165) is 19.7 Å². The smallest absolute Gasteiger partial charge is 0.303 e. The Morgan fingerprint density at radius 1 is 1.60 bits per heavy atom. The van der Waals surface area contributed by atoms with Crippen molar-refractivity contribution in [1.82, 2.24) is 4.90 Å². The molecule has 0 radical (unpaired) electrons. The van der Waals surface area contributed by atoms with Crippen molar-refractivity contribution in [3.63, 3.8) is 0 Å². The maximum atomic E-state index is 10.5. The van der Waals surface area contributed by atoms with Crippen LogP contribution in [0.15, 0.2) is 0 Å². The van der Waals surface area contributed by atoms with Crippen LogP contribution in [0.5, 0.6) is 0 Å². The lowest BCUT2D eigenvalue weighted by Gasteiger charge is -2.36. The van der Waals surface area contributed by atoms with Gasteiger partial charge in [0.1, 0.15) is 0 Å². The van der Waals surface area contributed by atoms with Gasteiger partial charge in [-0.05, 0) is 12.3 Å². The van der Waals surface area contributed by atoms with E-state index in [1.54, 1.807) is 0 Å². The van der Waals surface area contributed by atoms with E-state index in [4.69, 9.17) is 9.84 Å². The normalized spacial score (nSPS) is 23.3. The van der Waals surface area contributed by atoms with Gasteiger partial charge < -0.3 is 9.84 Å². The predicted octanol–water partition coefficient (Wildman–Crippen LogP) is 1.21. The monoisotopic (exact) mass is 215 g/mol. The molecule has 88 valence electrons. The molecule has 4 heteroatoms. The average molecular weight is 215 g/mol. The molecule has 1 fully saturated rings. The highest BCUT2D eigenvalue weighted by molar-refractivity contribution is 5.66. The predicted molar refractivity (Wildman–Crippen MR) is 57.9 cm³/mol. The van der Waals surface area contributed by atoms with Crippen LogP contribution in [-0.4, -0.2) is 48.3 Å². The van der Waals surface area contributed by atoms with Crippen molar-refractivity contribution >= 4 is 5.97 Å². The van der Waals surface area contributed by atoms with Gasteiger partial charge in [-0.15, -0.1) is 0 Å². The molecule has 0 saturated carbocycles. The molecule has 0 amide bonds. The summed E-state index contributed by atoms with van der Waals surface area (Å²) >= 11 is 0. The number of morpholine rings is 1. The standard InChI is InChI=1S/C11H21NO3/c1-9(2)7-12-5-6-15-8-10(12)3-4-11(13)14/h9-10H,3-8H2,1-2H3,(H,13,14). The van der Waals surface area contributed by atoms with E-state index in [2.05, 4.69) is 18.7 Å². The summed E-state index contributed by atoms with van der Waals surface area (Å²) in [7, 11) is 0. The summed E-state index contributed by atoms with van der Waals surface area (Å²) in [5.74, 6) is -0.0968. The Labute approximate surface area is 91.2 Å². The first-order valence-corrected chi connectivity index (χ1v) is 5.63. The van der Waals surface area contributed by atoms with Gasteiger partial charge in [-0.1, -0.05) is 13.8 Å². The number of nitrogens with zero attached hydrogens (tertiary/aromatic N) is 1. The molecular formula is C11H21NO3. The molecule has 1 N–H and O–H groups in total. The van der Waals surface area contributed by atoms with Crippen molar-refractivity contribution in [2.45, 2.75) is 32.7 Å². The molecule has 0 aliphatic carbocycles. The fourth-order valence-corrected chi connectivity index (χ4v) is 1.95. The maximum absolute atomic E-state index is 10.5. The average Bonchev–Trinajstić information content (AvgIpc) is 2.15. The molecule has 1 aliphatic heterocycles. The Bertz CT molecular complexity index is 206. The second-order valence-electron chi connectivity index (χ2n) is 4.55. The van der Waals surface area contributed by atoms with Gasteiger partial charge >= 0.3 is 5.97 Å².